The van der Waals surface area contributed by atoms with Crippen LogP contribution in [0.25, 0.3) is 15.9 Å². The maximum absolute atomic E-state index is 12.7. The van der Waals surface area contributed by atoms with E-state index in [1.165, 1.54) is 23.1 Å². The largest absolute Gasteiger partial charge is 0.325 e. The highest BCUT2D eigenvalue weighted by molar-refractivity contribution is 7.99. The molecule has 0 spiro atoms. The van der Waals surface area contributed by atoms with E-state index in [1.807, 2.05) is 62.7 Å². The van der Waals surface area contributed by atoms with Gasteiger partial charge in [0.25, 0.3) is 5.56 Å². The molecule has 7 nitrogen and oxygen atoms in total. The van der Waals surface area contributed by atoms with Gasteiger partial charge < -0.3 is 10.3 Å². The van der Waals surface area contributed by atoms with Crippen LogP contribution < -0.4 is 10.9 Å². The van der Waals surface area contributed by atoms with Crippen molar-refractivity contribution >= 4 is 44.9 Å². The lowest BCUT2D eigenvalue weighted by Crippen LogP contribution is -2.23. The van der Waals surface area contributed by atoms with Crippen molar-refractivity contribution in [3.8, 4) is 5.69 Å². The second kappa shape index (κ2) is 8.68. The minimum absolute atomic E-state index is 0.106. The number of H-pyrrole nitrogens is 1. The number of carbonyl (C=O) groups is 1. The minimum Gasteiger partial charge on any atom is -0.325 e. The number of fused-ring (bicyclic) bond motifs is 1. The molecule has 2 N–H and O–H groups in total. The van der Waals surface area contributed by atoms with Gasteiger partial charge in [-0.25, -0.2) is 9.67 Å². The average Bonchev–Trinajstić information content (AvgIpc) is 3.29. The van der Waals surface area contributed by atoms with Crippen LogP contribution in [-0.4, -0.2) is 30.9 Å². The Bertz CT molecular complexity index is 1320. The topological polar surface area (TPSA) is 92.7 Å². The van der Waals surface area contributed by atoms with Crippen LogP contribution in [0.3, 0.4) is 0 Å². The highest BCUT2D eigenvalue weighted by Crippen LogP contribution is 2.26. The van der Waals surface area contributed by atoms with E-state index in [-0.39, 0.29) is 16.7 Å². The number of aromatic amines is 1. The summed E-state index contributed by atoms with van der Waals surface area (Å²) < 4.78 is 1.82. The number of rotatable bonds is 6. The fourth-order valence-electron chi connectivity index (χ4n) is 3.25. The molecule has 1 atom stereocenters. The molecule has 4 aromatic rings. The lowest BCUT2D eigenvalue weighted by atomic mass is 10.2. The Morgan fingerprint density at radius 2 is 2.10 bits per heavy atom. The molecule has 0 radical (unpaired) electrons. The molecule has 3 heterocycles. The zero-order valence-electron chi connectivity index (χ0n) is 17.7. The molecule has 160 valence electrons. The van der Waals surface area contributed by atoms with E-state index in [9.17, 15) is 9.59 Å². The van der Waals surface area contributed by atoms with E-state index in [2.05, 4.69) is 20.4 Å². The Hall–Kier alpha value is -2.91. The number of anilines is 1. The van der Waals surface area contributed by atoms with Crippen LogP contribution in [-0.2, 0) is 10.5 Å². The molecule has 0 aliphatic carbocycles. The second-order valence-corrected chi connectivity index (χ2v) is 9.89. The van der Waals surface area contributed by atoms with E-state index < -0.39 is 0 Å². The van der Waals surface area contributed by atoms with Crippen LogP contribution >= 0.6 is 23.1 Å². The number of nitrogens with one attached hydrogen (secondary N) is 2. The van der Waals surface area contributed by atoms with E-state index in [1.54, 1.807) is 6.20 Å². The molecule has 9 heteroatoms. The van der Waals surface area contributed by atoms with E-state index in [0.29, 0.717) is 22.7 Å². The standard InChI is InChI=1S/C22H23N5O2S2/c1-12-8-9-23-27(12)17-7-5-6-16(10-17)24-20(28)15(4)30-11-18-25-21(29)19-13(2)14(3)31-22(19)26-18/h5-10,15H,11H2,1-4H3,(H,24,28)(H,25,26,29). The molecule has 1 amide bonds. The Morgan fingerprint density at radius 3 is 2.84 bits per heavy atom. The maximum Gasteiger partial charge on any atom is 0.259 e. The van der Waals surface area contributed by atoms with Gasteiger partial charge in [-0.2, -0.15) is 5.10 Å². The monoisotopic (exact) mass is 453 g/mol. The first-order chi connectivity index (χ1) is 14.8. The first-order valence-electron chi connectivity index (χ1n) is 9.86. The summed E-state index contributed by atoms with van der Waals surface area (Å²) in [5.41, 5.74) is 3.47. The van der Waals surface area contributed by atoms with Crippen molar-refractivity contribution in [1.29, 1.82) is 0 Å². The number of thiophene rings is 1. The van der Waals surface area contributed by atoms with E-state index in [0.717, 1.165) is 26.7 Å². The van der Waals surface area contributed by atoms with Gasteiger partial charge in [0.2, 0.25) is 5.91 Å². The molecular weight excluding hydrogens is 430 g/mol. The zero-order valence-corrected chi connectivity index (χ0v) is 19.4. The molecule has 1 unspecified atom stereocenters. The smallest absolute Gasteiger partial charge is 0.259 e. The highest BCUT2D eigenvalue weighted by atomic mass is 32.2. The molecular formula is C22H23N5O2S2. The van der Waals surface area contributed by atoms with Gasteiger partial charge in [-0.15, -0.1) is 23.1 Å². The first-order valence-corrected chi connectivity index (χ1v) is 11.7. The van der Waals surface area contributed by atoms with Gasteiger partial charge in [-0.1, -0.05) is 6.07 Å². The van der Waals surface area contributed by atoms with E-state index in [4.69, 9.17) is 0 Å². The summed E-state index contributed by atoms with van der Waals surface area (Å²) >= 11 is 2.96. The number of benzene rings is 1. The SMILES string of the molecule is Cc1sc2nc(CSC(C)C(=O)Nc3cccc(-n4nccc4C)c3)[nH]c(=O)c2c1C. The van der Waals surface area contributed by atoms with Gasteiger partial charge in [-0.05, 0) is 57.5 Å². The molecule has 0 aliphatic rings. The van der Waals surface area contributed by atoms with Gasteiger partial charge in [-0.3, -0.25) is 9.59 Å². The van der Waals surface area contributed by atoms with Crippen molar-refractivity contribution in [2.45, 2.75) is 38.7 Å². The second-order valence-electron chi connectivity index (χ2n) is 7.35. The Morgan fingerprint density at radius 1 is 1.29 bits per heavy atom. The molecule has 0 fully saturated rings. The van der Waals surface area contributed by atoms with Crippen LogP contribution in [0.4, 0.5) is 5.69 Å². The van der Waals surface area contributed by atoms with Gasteiger partial charge in [0.1, 0.15) is 10.7 Å². The quantitative estimate of drug-likeness (QED) is 0.453. The number of nitrogens with zero attached hydrogens (tertiary/aromatic N) is 3. The van der Waals surface area contributed by atoms with Crippen molar-refractivity contribution in [3.05, 3.63) is 68.8 Å². The summed E-state index contributed by atoms with van der Waals surface area (Å²) in [5.74, 6) is 0.924. The molecule has 3 aromatic heterocycles. The third-order valence-corrected chi connectivity index (χ3v) is 7.37. The molecule has 0 bridgehead atoms. The Kier molecular flexibility index (Phi) is 5.97. The first kappa shape index (κ1) is 21.3. The van der Waals surface area contributed by atoms with Crippen molar-refractivity contribution in [1.82, 2.24) is 19.7 Å². The number of hydrogen-bond donors (Lipinski definition) is 2. The molecule has 31 heavy (non-hydrogen) atoms. The van der Waals surface area contributed by atoms with Crippen molar-refractivity contribution < 1.29 is 4.79 Å². The number of thioether (sulfide) groups is 1. The summed E-state index contributed by atoms with van der Waals surface area (Å²) in [6.07, 6.45) is 1.74. The zero-order chi connectivity index (χ0) is 22.1. The van der Waals surface area contributed by atoms with Gasteiger partial charge in [0, 0.05) is 22.5 Å². The number of hydrogen-bond acceptors (Lipinski definition) is 6. The highest BCUT2D eigenvalue weighted by Gasteiger charge is 2.16. The van der Waals surface area contributed by atoms with Crippen LogP contribution in [0, 0.1) is 20.8 Å². The van der Waals surface area contributed by atoms with Crippen molar-refractivity contribution in [2.24, 2.45) is 0 Å². The average molecular weight is 454 g/mol. The summed E-state index contributed by atoms with van der Waals surface area (Å²) in [6, 6.07) is 9.51. The Labute approximate surface area is 187 Å². The molecule has 0 saturated heterocycles. The van der Waals surface area contributed by atoms with Crippen molar-refractivity contribution in [3.63, 3.8) is 0 Å². The van der Waals surface area contributed by atoms with Crippen LogP contribution in [0.2, 0.25) is 0 Å². The predicted octanol–water partition coefficient (Wildman–Crippen LogP) is 4.36. The molecule has 0 saturated carbocycles. The third-order valence-electron chi connectivity index (χ3n) is 5.12. The fourth-order valence-corrected chi connectivity index (χ4v) is 5.05. The van der Waals surface area contributed by atoms with Crippen LogP contribution in [0.15, 0.2) is 41.3 Å². The Balaban J connectivity index is 1.42. The molecule has 1 aromatic carbocycles. The summed E-state index contributed by atoms with van der Waals surface area (Å²) in [5, 5.41) is 7.61. The van der Waals surface area contributed by atoms with Gasteiger partial charge >= 0.3 is 0 Å². The number of aryl methyl sites for hydroxylation is 3. The predicted molar refractivity (Wildman–Crippen MR) is 127 cm³/mol. The van der Waals surface area contributed by atoms with Crippen LogP contribution in [0.5, 0.6) is 0 Å². The lowest BCUT2D eigenvalue weighted by Gasteiger charge is -2.13. The summed E-state index contributed by atoms with van der Waals surface area (Å²) in [6.45, 7) is 7.75. The lowest BCUT2D eigenvalue weighted by molar-refractivity contribution is -0.115. The third kappa shape index (κ3) is 4.42. The minimum atomic E-state index is -0.317. The normalized spacial score (nSPS) is 12.3. The molecule has 4 rings (SSSR count). The number of aromatic nitrogens is 4. The van der Waals surface area contributed by atoms with Gasteiger partial charge in [0.15, 0.2) is 0 Å². The van der Waals surface area contributed by atoms with Crippen LogP contribution in [0.1, 0.15) is 28.9 Å². The van der Waals surface area contributed by atoms with E-state index >= 15 is 0 Å². The fraction of sp³-hybridized carbons (Fsp3) is 0.273. The summed E-state index contributed by atoms with van der Waals surface area (Å²) in [4.78, 5) is 34.4. The maximum atomic E-state index is 12.7. The number of amides is 1. The van der Waals surface area contributed by atoms with Gasteiger partial charge in [0.05, 0.1) is 22.1 Å². The molecule has 0 aliphatic heterocycles. The number of carbonyl (C=O) groups excluding carboxylic acids is 1. The van der Waals surface area contributed by atoms with Crippen molar-refractivity contribution in [2.75, 3.05) is 5.32 Å². The summed E-state index contributed by atoms with van der Waals surface area (Å²) in [7, 11) is 0.